The van der Waals surface area contributed by atoms with Crippen LogP contribution in [-0.4, -0.2) is 7.11 Å². The van der Waals surface area contributed by atoms with Crippen molar-refractivity contribution in [3.8, 4) is 17.2 Å². The monoisotopic (exact) mass is 261 g/mol. The third kappa shape index (κ3) is 3.03. The average molecular weight is 261 g/mol. The molecule has 0 amide bonds. The van der Waals surface area contributed by atoms with Gasteiger partial charge in [-0.25, -0.2) is 4.39 Å². The third-order valence-electron chi connectivity index (χ3n) is 2.74. The molecular formula is C15H16FNO2. The first kappa shape index (κ1) is 13.4. The zero-order valence-electron chi connectivity index (χ0n) is 10.9. The number of nitrogens with two attached hydrogens (primary N) is 1. The molecule has 0 aliphatic carbocycles. The van der Waals surface area contributed by atoms with Gasteiger partial charge in [0.25, 0.3) is 0 Å². The summed E-state index contributed by atoms with van der Waals surface area (Å²) in [7, 11) is 1.58. The van der Waals surface area contributed by atoms with Crippen molar-refractivity contribution in [3.63, 3.8) is 0 Å². The van der Waals surface area contributed by atoms with Crippen molar-refractivity contribution >= 4 is 0 Å². The molecule has 0 aliphatic rings. The second-order valence-electron chi connectivity index (χ2n) is 4.22. The molecule has 0 spiro atoms. The normalized spacial score (nSPS) is 12.0. The van der Waals surface area contributed by atoms with Crippen molar-refractivity contribution in [2.75, 3.05) is 7.11 Å². The second-order valence-corrected chi connectivity index (χ2v) is 4.22. The molecule has 2 N–H and O–H groups in total. The van der Waals surface area contributed by atoms with Crippen molar-refractivity contribution in [1.29, 1.82) is 0 Å². The van der Waals surface area contributed by atoms with Gasteiger partial charge in [0.05, 0.1) is 7.11 Å². The maximum absolute atomic E-state index is 13.8. The SMILES string of the molecule is COc1cccc(Oc2cccc(F)c2[C@H](C)N)c1. The van der Waals surface area contributed by atoms with Crippen LogP contribution in [0.1, 0.15) is 18.5 Å². The van der Waals surface area contributed by atoms with Crippen LogP contribution in [0.4, 0.5) is 4.39 Å². The minimum atomic E-state index is -0.443. The maximum atomic E-state index is 13.8. The standard InChI is InChI=1S/C15H16FNO2/c1-10(17)15-13(16)7-4-8-14(15)19-12-6-3-5-11(9-12)18-2/h3-10H,17H2,1-2H3/t10-/m0/s1. The molecule has 1 atom stereocenters. The fourth-order valence-electron chi connectivity index (χ4n) is 1.84. The van der Waals surface area contributed by atoms with E-state index in [2.05, 4.69) is 0 Å². The number of rotatable bonds is 4. The quantitative estimate of drug-likeness (QED) is 0.913. The summed E-state index contributed by atoms with van der Waals surface area (Å²) in [6.45, 7) is 1.72. The minimum absolute atomic E-state index is 0.365. The zero-order chi connectivity index (χ0) is 13.8. The molecule has 0 heterocycles. The van der Waals surface area contributed by atoms with Crippen molar-refractivity contribution in [3.05, 3.63) is 53.8 Å². The van der Waals surface area contributed by atoms with Gasteiger partial charge in [-0.1, -0.05) is 12.1 Å². The molecule has 0 fully saturated rings. The van der Waals surface area contributed by atoms with Gasteiger partial charge in [-0.15, -0.1) is 0 Å². The van der Waals surface area contributed by atoms with Gasteiger partial charge in [0.2, 0.25) is 0 Å². The first-order chi connectivity index (χ1) is 9.11. The molecule has 100 valence electrons. The van der Waals surface area contributed by atoms with Gasteiger partial charge in [0, 0.05) is 17.7 Å². The van der Waals surface area contributed by atoms with Crippen LogP contribution in [0.3, 0.4) is 0 Å². The Kier molecular flexibility index (Phi) is 4.02. The predicted octanol–water partition coefficient (Wildman–Crippen LogP) is 3.65. The topological polar surface area (TPSA) is 44.5 Å². The molecule has 0 aliphatic heterocycles. The molecule has 0 saturated carbocycles. The van der Waals surface area contributed by atoms with E-state index < -0.39 is 6.04 Å². The Morgan fingerprint density at radius 3 is 2.47 bits per heavy atom. The van der Waals surface area contributed by atoms with E-state index in [4.69, 9.17) is 15.2 Å². The van der Waals surface area contributed by atoms with Gasteiger partial charge in [0.15, 0.2) is 0 Å². The van der Waals surface area contributed by atoms with Crippen LogP contribution in [0.15, 0.2) is 42.5 Å². The summed E-state index contributed by atoms with van der Waals surface area (Å²) in [4.78, 5) is 0. The van der Waals surface area contributed by atoms with E-state index >= 15 is 0 Å². The van der Waals surface area contributed by atoms with Gasteiger partial charge in [-0.05, 0) is 31.2 Å². The molecular weight excluding hydrogens is 245 g/mol. The molecule has 0 unspecified atom stereocenters. The highest BCUT2D eigenvalue weighted by Gasteiger charge is 2.14. The van der Waals surface area contributed by atoms with E-state index in [1.807, 2.05) is 6.07 Å². The summed E-state index contributed by atoms with van der Waals surface area (Å²) in [6.07, 6.45) is 0. The summed E-state index contributed by atoms with van der Waals surface area (Å²) in [6, 6.07) is 11.3. The Hall–Kier alpha value is -2.07. The minimum Gasteiger partial charge on any atom is -0.497 e. The molecule has 3 nitrogen and oxygen atoms in total. The lowest BCUT2D eigenvalue weighted by molar-refractivity contribution is 0.407. The lowest BCUT2D eigenvalue weighted by Crippen LogP contribution is -2.09. The number of hydrogen-bond acceptors (Lipinski definition) is 3. The van der Waals surface area contributed by atoms with Crippen molar-refractivity contribution in [2.45, 2.75) is 13.0 Å². The maximum Gasteiger partial charge on any atom is 0.135 e. The van der Waals surface area contributed by atoms with Crippen molar-refractivity contribution in [1.82, 2.24) is 0 Å². The lowest BCUT2D eigenvalue weighted by atomic mass is 10.1. The van der Waals surface area contributed by atoms with E-state index in [1.54, 1.807) is 44.4 Å². The Balaban J connectivity index is 2.35. The van der Waals surface area contributed by atoms with Gasteiger partial charge in [-0.2, -0.15) is 0 Å². The van der Waals surface area contributed by atoms with Gasteiger partial charge < -0.3 is 15.2 Å². The molecule has 4 heteroatoms. The third-order valence-corrected chi connectivity index (χ3v) is 2.74. The van der Waals surface area contributed by atoms with Gasteiger partial charge in [0.1, 0.15) is 23.1 Å². The van der Waals surface area contributed by atoms with Crippen LogP contribution >= 0.6 is 0 Å². The Morgan fingerprint density at radius 2 is 1.79 bits per heavy atom. The number of methoxy groups -OCH3 is 1. The van der Waals surface area contributed by atoms with Gasteiger partial charge in [-0.3, -0.25) is 0 Å². The van der Waals surface area contributed by atoms with Crippen LogP contribution in [0.2, 0.25) is 0 Å². The average Bonchev–Trinajstić information content (AvgIpc) is 2.38. The molecule has 19 heavy (non-hydrogen) atoms. The Morgan fingerprint density at radius 1 is 1.11 bits per heavy atom. The van der Waals surface area contributed by atoms with Crippen LogP contribution in [-0.2, 0) is 0 Å². The summed E-state index contributed by atoms with van der Waals surface area (Å²) < 4.78 is 24.6. The van der Waals surface area contributed by atoms with E-state index in [-0.39, 0.29) is 5.82 Å². The smallest absolute Gasteiger partial charge is 0.135 e. The van der Waals surface area contributed by atoms with E-state index in [9.17, 15) is 4.39 Å². The Bertz CT molecular complexity index is 570. The molecule has 2 rings (SSSR count). The summed E-state index contributed by atoms with van der Waals surface area (Å²) in [5, 5.41) is 0. The Labute approximate surface area is 111 Å². The summed E-state index contributed by atoms with van der Waals surface area (Å²) in [5.74, 6) is 1.31. The number of benzene rings is 2. The van der Waals surface area contributed by atoms with Gasteiger partial charge >= 0.3 is 0 Å². The van der Waals surface area contributed by atoms with Crippen LogP contribution in [0.25, 0.3) is 0 Å². The highest BCUT2D eigenvalue weighted by Crippen LogP contribution is 2.31. The number of ether oxygens (including phenoxy) is 2. The lowest BCUT2D eigenvalue weighted by Gasteiger charge is -2.14. The van der Waals surface area contributed by atoms with E-state index in [1.165, 1.54) is 6.07 Å². The predicted molar refractivity (Wildman–Crippen MR) is 72.1 cm³/mol. The highest BCUT2D eigenvalue weighted by molar-refractivity contribution is 5.42. The first-order valence-corrected chi connectivity index (χ1v) is 5.97. The molecule has 0 radical (unpaired) electrons. The van der Waals surface area contributed by atoms with Crippen LogP contribution in [0, 0.1) is 5.82 Å². The fraction of sp³-hybridized carbons (Fsp3) is 0.200. The first-order valence-electron chi connectivity index (χ1n) is 5.97. The summed E-state index contributed by atoms with van der Waals surface area (Å²) in [5.41, 5.74) is 6.15. The summed E-state index contributed by atoms with van der Waals surface area (Å²) >= 11 is 0. The van der Waals surface area contributed by atoms with E-state index in [0.717, 1.165) is 0 Å². The second kappa shape index (κ2) is 5.71. The number of hydrogen-bond donors (Lipinski definition) is 1. The van der Waals surface area contributed by atoms with Crippen molar-refractivity contribution in [2.24, 2.45) is 5.73 Å². The zero-order valence-corrected chi connectivity index (χ0v) is 10.9. The molecule has 0 bridgehead atoms. The molecule has 2 aromatic rings. The number of halogens is 1. The van der Waals surface area contributed by atoms with Crippen LogP contribution in [0.5, 0.6) is 17.2 Å². The van der Waals surface area contributed by atoms with Crippen molar-refractivity contribution < 1.29 is 13.9 Å². The van der Waals surface area contributed by atoms with E-state index in [0.29, 0.717) is 22.8 Å². The fourth-order valence-corrected chi connectivity index (χ4v) is 1.84. The molecule has 2 aromatic carbocycles. The largest absolute Gasteiger partial charge is 0.497 e. The highest BCUT2D eigenvalue weighted by atomic mass is 19.1. The molecule has 0 aromatic heterocycles. The van der Waals surface area contributed by atoms with Crippen LogP contribution < -0.4 is 15.2 Å². The molecule has 0 saturated heterocycles.